The molecule has 7 nitrogen and oxygen atoms in total. The molecule has 3 rings (SSSR count). The van der Waals surface area contributed by atoms with Crippen molar-refractivity contribution in [2.45, 2.75) is 37.8 Å². The molecule has 9 heteroatoms. The van der Waals surface area contributed by atoms with Crippen LogP contribution in [0.15, 0.2) is 89.8 Å². The highest BCUT2D eigenvalue weighted by Crippen LogP contribution is 2.26. The lowest BCUT2D eigenvalue weighted by molar-refractivity contribution is -0.139. The fourth-order valence-electron chi connectivity index (χ4n) is 3.64. The molecular formula is C27H30ClN3O4S. The maximum Gasteiger partial charge on any atom is 0.264 e. The second-order valence-electron chi connectivity index (χ2n) is 8.28. The number of carbonyl (C=O) groups is 2. The van der Waals surface area contributed by atoms with E-state index in [4.69, 9.17) is 11.6 Å². The van der Waals surface area contributed by atoms with E-state index in [0.717, 1.165) is 16.3 Å². The number of amides is 2. The fraction of sp³-hybridized carbons (Fsp3) is 0.259. The Labute approximate surface area is 217 Å². The summed E-state index contributed by atoms with van der Waals surface area (Å²) in [6.07, 6.45) is 0.753. The van der Waals surface area contributed by atoms with Crippen LogP contribution in [0.2, 0.25) is 5.02 Å². The molecule has 3 aromatic carbocycles. The Balaban J connectivity index is 1.99. The second kappa shape index (κ2) is 12.6. The van der Waals surface area contributed by atoms with Crippen LogP contribution in [0.4, 0.5) is 5.69 Å². The van der Waals surface area contributed by atoms with Gasteiger partial charge in [-0.25, -0.2) is 8.42 Å². The van der Waals surface area contributed by atoms with E-state index < -0.39 is 28.5 Å². The summed E-state index contributed by atoms with van der Waals surface area (Å²) in [5, 5.41) is 3.15. The number of rotatable bonds is 11. The molecule has 36 heavy (non-hydrogen) atoms. The Morgan fingerprint density at radius 1 is 0.944 bits per heavy atom. The van der Waals surface area contributed by atoms with Crippen molar-refractivity contribution in [3.63, 3.8) is 0 Å². The topological polar surface area (TPSA) is 86.8 Å². The van der Waals surface area contributed by atoms with Gasteiger partial charge in [0.2, 0.25) is 11.8 Å². The first kappa shape index (κ1) is 27.2. The van der Waals surface area contributed by atoms with Crippen molar-refractivity contribution in [3.05, 3.63) is 95.5 Å². The van der Waals surface area contributed by atoms with Gasteiger partial charge in [0.15, 0.2) is 0 Å². The summed E-state index contributed by atoms with van der Waals surface area (Å²) in [4.78, 5) is 28.0. The molecule has 0 aliphatic rings. The number of sulfonamides is 1. The van der Waals surface area contributed by atoms with E-state index in [2.05, 4.69) is 5.32 Å². The van der Waals surface area contributed by atoms with Crippen LogP contribution in [0.1, 0.15) is 25.8 Å². The minimum absolute atomic E-state index is 0.0427. The number of benzene rings is 3. The Morgan fingerprint density at radius 2 is 1.58 bits per heavy atom. The van der Waals surface area contributed by atoms with E-state index in [1.165, 1.54) is 23.1 Å². The number of nitrogens with one attached hydrogen (secondary N) is 1. The maximum atomic E-state index is 13.7. The van der Waals surface area contributed by atoms with Crippen molar-refractivity contribution in [1.82, 2.24) is 10.2 Å². The molecule has 0 fully saturated rings. The molecule has 0 aliphatic carbocycles. The van der Waals surface area contributed by atoms with Crippen molar-refractivity contribution >= 4 is 39.1 Å². The van der Waals surface area contributed by atoms with E-state index in [0.29, 0.717) is 11.6 Å². The lowest BCUT2D eigenvalue weighted by Gasteiger charge is -2.32. The number of anilines is 1. The number of hydrogen-bond donors (Lipinski definition) is 1. The predicted molar refractivity (Wildman–Crippen MR) is 142 cm³/mol. The summed E-state index contributed by atoms with van der Waals surface area (Å²) in [5.41, 5.74) is 1.07. The van der Waals surface area contributed by atoms with Crippen LogP contribution < -0.4 is 9.62 Å². The first-order valence-electron chi connectivity index (χ1n) is 11.7. The molecule has 0 saturated carbocycles. The monoisotopic (exact) mass is 527 g/mol. The summed E-state index contributed by atoms with van der Waals surface area (Å²) in [5.74, 6) is -0.821. The molecule has 0 aliphatic heterocycles. The highest BCUT2D eigenvalue weighted by molar-refractivity contribution is 7.92. The van der Waals surface area contributed by atoms with Crippen molar-refractivity contribution in [1.29, 1.82) is 0 Å². The van der Waals surface area contributed by atoms with Crippen LogP contribution in [0.25, 0.3) is 0 Å². The van der Waals surface area contributed by atoms with Gasteiger partial charge in [-0.15, -0.1) is 0 Å². The zero-order valence-electron chi connectivity index (χ0n) is 20.3. The smallest absolute Gasteiger partial charge is 0.264 e. The van der Waals surface area contributed by atoms with Crippen LogP contribution in [0, 0.1) is 0 Å². The van der Waals surface area contributed by atoms with Gasteiger partial charge in [0.1, 0.15) is 12.6 Å². The van der Waals surface area contributed by atoms with Gasteiger partial charge in [0.05, 0.1) is 10.6 Å². The number of carbonyl (C=O) groups excluding carboxylic acids is 2. The van der Waals surface area contributed by atoms with Gasteiger partial charge >= 0.3 is 0 Å². The molecule has 0 saturated heterocycles. The zero-order chi connectivity index (χ0) is 26.1. The Kier molecular flexibility index (Phi) is 9.50. The average molecular weight is 528 g/mol. The Hall–Kier alpha value is -3.36. The third-order valence-electron chi connectivity index (χ3n) is 5.62. The van der Waals surface area contributed by atoms with Crippen LogP contribution in [0.5, 0.6) is 0 Å². The molecule has 2 amide bonds. The van der Waals surface area contributed by atoms with Crippen LogP contribution in [0.3, 0.4) is 0 Å². The lowest BCUT2D eigenvalue weighted by atomic mass is 10.1. The van der Waals surface area contributed by atoms with Crippen molar-refractivity contribution in [2.24, 2.45) is 0 Å². The van der Waals surface area contributed by atoms with Gasteiger partial charge in [0.25, 0.3) is 10.0 Å². The van der Waals surface area contributed by atoms with Crippen molar-refractivity contribution in [2.75, 3.05) is 17.4 Å². The fourth-order valence-corrected chi connectivity index (χ4v) is 5.25. The SMILES string of the molecule is CCCNC(=O)C(C)N(Cc1ccccc1)C(=O)CN(c1cccc(Cl)c1)S(=O)(=O)c1ccccc1. The molecule has 190 valence electrons. The summed E-state index contributed by atoms with van der Waals surface area (Å²) < 4.78 is 28.3. The van der Waals surface area contributed by atoms with Gasteiger partial charge in [-0.2, -0.15) is 0 Å². The summed E-state index contributed by atoms with van der Waals surface area (Å²) in [6.45, 7) is 3.70. The van der Waals surface area contributed by atoms with Crippen LogP contribution in [-0.2, 0) is 26.2 Å². The van der Waals surface area contributed by atoms with Gasteiger partial charge < -0.3 is 10.2 Å². The minimum Gasteiger partial charge on any atom is -0.354 e. The normalized spacial score (nSPS) is 12.0. The molecule has 0 spiro atoms. The second-order valence-corrected chi connectivity index (χ2v) is 10.6. The molecule has 3 aromatic rings. The van der Waals surface area contributed by atoms with E-state index in [1.54, 1.807) is 43.3 Å². The van der Waals surface area contributed by atoms with Gasteiger partial charge in [-0.3, -0.25) is 13.9 Å². The van der Waals surface area contributed by atoms with Gasteiger partial charge in [-0.1, -0.05) is 73.1 Å². The molecule has 1 N–H and O–H groups in total. The molecule has 0 heterocycles. The van der Waals surface area contributed by atoms with Crippen LogP contribution in [-0.4, -0.2) is 44.3 Å². The summed E-state index contributed by atoms with van der Waals surface area (Å²) in [7, 11) is -4.11. The molecule has 0 aromatic heterocycles. The number of hydrogen-bond acceptors (Lipinski definition) is 4. The Bertz CT molecular complexity index is 1270. The van der Waals surface area contributed by atoms with Crippen molar-refractivity contribution < 1.29 is 18.0 Å². The van der Waals surface area contributed by atoms with E-state index >= 15 is 0 Å². The Morgan fingerprint density at radius 3 is 2.19 bits per heavy atom. The van der Waals surface area contributed by atoms with E-state index in [9.17, 15) is 18.0 Å². The molecule has 1 atom stereocenters. The lowest BCUT2D eigenvalue weighted by Crippen LogP contribution is -2.51. The standard InChI is InChI=1S/C27H30ClN3O4S/c1-3-17-29-27(33)21(2)30(19-22-11-6-4-7-12-22)26(32)20-31(24-14-10-13-23(28)18-24)36(34,35)25-15-8-5-9-16-25/h4-16,18,21H,3,17,19-20H2,1-2H3,(H,29,33). The van der Waals surface area contributed by atoms with Crippen LogP contribution >= 0.6 is 11.6 Å². The molecule has 0 radical (unpaired) electrons. The number of halogens is 1. The first-order valence-corrected chi connectivity index (χ1v) is 13.5. The minimum atomic E-state index is -4.11. The maximum absolute atomic E-state index is 13.7. The molecular weight excluding hydrogens is 498 g/mol. The molecule has 0 bridgehead atoms. The van der Waals surface area contributed by atoms with Crippen molar-refractivity contribution in [3.8, 4) is 0 Å². The third kappa shape index (κ3) is 6.86. The van der Waals surface area contributed by atoms with Gasteiger partial charge in [-0.05, 0) is 49.2 Å². The van der Waals surface area contributed by atoms with Gasteiger partial charge in [0, 0.05) is 18.1 Å². The molecule has 1 unspecified atom stereocenters. The largest absolute Gasteiger partial charge is 0.354 e. The van der Waals surface area contributed by atoms with E-state index in [1.807, 2.05) is 37.3 Å². The summed E-state index contributed by atoms with van der Waals surface area (Å²) >= 11 is 6.16. The average Bonchev–Trinajstić information content (AvgIpc) is 2.89. The zero-order valence-corrected chi connectivity index (χ0v) is 21.9. The highest BCUT2D eigenvalue weighted by atomic mass is 35.5. The van der Waals surface area contributed by atoms with E-state index in [-0.39, 0.29) is 23.0 Å². The summed E-state index contributed by atoms with van der Waals surface area (Å²) in [6, 6.07) is 22.7. The third-order valence-corrected chi connectivity index (χ3v) is 7.64. The first-order chi connectivity index (χ1) is 17.2. The predicted octanol–water partition coefficient (Wildman–Crippen LogP) is 4.48. The highest BCUT2D eigenvalue weighted by Gasteiger charge is 2.32. The number of nitrogens with zero attached hydrogens (tertiary/aromatic N) is 2. The quantitative estimate of drug-likeness (QED) is 0.398.